The van der Waals surface area contributed by atoms with Crippen molar-refractivity contribution in [1.82, 2.24) is 9.97 Å². The summed E-state index contributed by atoms with van der Waals surface area (Å²) < 4.78 is 5.05. The Balaban J connectivity index is 0.00000200. The van der Waals surface area contributed by atoms with Crippen molar-refractivity contribution >= 4 is 46.9 Å². The third-order valence-corrected chi connectivity index (χ3v) is 3.04. The SMILES string of the molecule is COC(CN)CC(=O)Nc1nc2c(Cl)cccc2[nH]1.Cl. The van der Waals surface area contributed by atoms with Gasteiger partial charge in [-0.1, -0.05) is 17.7 Å². The van der Waals surface area contributed by atoms with Gasteiger partial charge in [-0.3, -0.25) is 10.1 Å². The zero-order chi connectivity index (χ0) is 13.8. The van der Waals surface area contributed by atoms with Gasteiger partial charge in [0.1, 0.15) is 5.52 Å². The lowest BCUT2D eigenvalue weighted by atomic mass is 10.2. The van der Waals surface area contributed by atoms with Crippen LogP contribution in [0.5, 0.6) is 0 Å². The quantitative estimate of drug-likeness (QED) is 0.785. The maximum atomic E-state index is 11.8. The molecule has 110 valence electrons. The summed E-state index contributed by atoms with van der Waals surface area (Å²) in [5.41, 5.74) is 6.86. The number of anilines is 1. The molecule has 0 fully saturated rings. The van der Waals surface area contributed by atoms with Crippen molar-refractivity contribution < 1.29 is 9.53 Å². The molecule has 0 spiro atoms. The fraction of sp³-hybridized carbons (Fsp3) is 0.333. The van der Waals surface area contributed by atoms with Crippen LogP contribution in [-0.4, -0.2) is 35.6 Å². The van der Waals surface area contributed by atoms with E-state index in [9.17, 15) is 4.79 Å². The number of hydrogen-bond donors (Lipinski definition) is 3. The van der Waals surface area contributed by atoms with Crippen molar-refractivity contribution in [3.05, 3.63) is 23.2 Å². The van der Waals surface area contributed by atoms with Crippen LogP contribution in [0.4, 0.5) is 5.95 Å². The topological polar surface area (TPSA) is 93.0 Å². The first kappa shape index (κ1) is 16.7. The number of benzene rings is 1. The van der Waals surface area contributed by atoms with E-state index in [0.29, 0.717) is 16.5 Å². The highest BCUT2D eigenvalue weighted by atomic mass is 35.5. The Morgan fingerprint density at radius 3 is 2.95 bits per heavy atom. The van der Waals surface area contributed by atoms with E-state index in [1.54, 1.807) is 6.07 Å². The number of fused-ring (bicyclic) bond motifs is 1. The number of para-hydroxylation sites is 1. The second kappa shape index (κ2) is 7.44. The van der Waals surface area contributed by atoms with Crippen LogP contribution in [0.1, 0.15) is 6.42 Å². The van der Waals surface area contributed by atoms with Crippen LogP contribution in [0.15, 0.2) is 18.2 Å². The molecule has 2 rings (SSSR count). The lowest BCUT2D eigenvalue weighted by Crippen LogP contribution is -2.28. The Morgan fingerprint density at radius 2 is 2.35 bits per heavy atom. The third-order valence-electron chi connectivity index (χ3n) is 2.73. The predicted molar refractivity (Wildman–Crippen MR) is 81.4 cm³/mol. The molecular weight excluding hydrogens is 303 g/mol. The summed E-state index contributed by atoms with van der Waals surface area (Å²) in [7, 11) is 1.52. The van der Waals surface area contributed by atoms with Crippen molar-refractivity contribution in [1.29, 1.82) is 0 Å². The number of aromatic amines is 1. The molecule has 4 N–H and O–H groups in total. The molecule has 1 unspecified atom stereocenters. The highest BCUT2D eigenvalue weighted by molar-refractivity contribution is 6.35. The lowest BCUT2D eigenvalue weighted by molar-refractivity contribution is -0.118. The van der Waals surface area contributed by atoms with Gasteiger partial charge in [0.2, 0.25) is 11.9 Å². The molecule has 2 aromatic rings. The first-order chi connectivity index (χ1) is 9.13. The molecule has 1 heterocycles. The van der Waals surface area contributed by atoms with E-state index in [1.165, 1.54) is 7.11 Å². The molecule has 0 radical (unpaired) electrons. The number of nitrogens with one attached hydrogen (secondary N) is 2. The van der Waals surface area contributed by atoms with Gasteiger partial charge < -0.3 is 15.5 Å². The molecule has 20 heavy (non-hydrogen) atoms. The summed E-state index contributed by atoms with van der Waals surface area (Å²) in [6, 6.07) is 5.39. The molecule has 0 bridgehead atoms. The Hall–Kier alpha value is -1.34. The number of nitrogens with two attached hydrogens (primary N) is 1. The largest absolute Gasteiger partial charge is 0.380 e. The van der Waals surface area contributed by atoms with Gasteiger partial charge in [-0.25, -0.2) is 4.98 Å². The van der Waals surface area contributed by atoms with E-state index < -0.39 is 0 Å². The molecular formula is C12H16Cl2N4O2. The lowest BCUT2D eigenvalue weighted by Gasteiger charge is -2.11. The number of imidazole rings is 1. The molecule has 0 aliphatic heterocycles. The summed E-state index contributed by atoms with van der Waals surface area (Å²) in [4.78, 5) is 19.0. The zero-order valence-corrected chi connectivity index (χ0v) is 12.4. The molecule has 0 saturated carbocycles. The van der Waals surface area contributed by atoms with E-state index >= 15 is 0 Å². The first-order valence-corrected chi connectivity index (χ1v) is 6.18. The van der Waals surface area contributed by atoms with Crippen molar-refractivity contribution in [3.63, 3.8) is 0 Å². The third kappa shape index (κ3) is 3.83. The van der Waals surface area contributed by atoms with Crippen molar-refractivity contribution in [2.75, 3.05) is 19.0 Å². The number of halogens is 2. The predicted octanol–water partition coefficient (Wildman–Crippen LogP) is 1.94. The molecule has 1 atom stereocenters. The molecule has 0 aliphatic rings. The number of rotatable bonds is 5. The Bertz CT molecular complexity index is 584. The van der Waals surface area contributed by atoms with Crippen molar-refractivity contribution in [3.8, 4) is 0 Å². The van der Waals surface area contributed by atoms with Gasteiger partial charge in [0, 0.05) is 13.7 Å². The summed E-state index contributed by atoms with van der Waals surface area (Å²) in [5, 5.41) is 3.19. The average molecular weight is 319 g/mol. The van der Waals surface area contributed by atoms with Gasteiger partial charge in [-0.2, -0.15) is 0 Å². The van der Waals surface area contributed by atoms with Crippen LogP contribution in [-0.2, 0) is 9.53 Å². The summed E-state index contributed by atoms with van der Waals surface area (Å²) in [5.74, 6) is 0.146. The molecule has 1 amide bonds. The second-order valence-corrected chi connectivity index (χ2v) is 4.47. The van der Waals surface area contributed by atoms with Crippen LogP contribution in [0.3, 0.4) is 0 Å². The van der Waals surface area contributed by atoms with Gasteiger partial charge in [0.05, 0.1) is 23.1 Å². The normalized spacial score (nSPS) is 11.9. The molecule has 1 aromatic heterocycles. The number of carbonyl (C=O) groups is 1. The van der Waals surface area contributed by atoms with Crippen LogP contribution < -0.4 is 11.1 Å². The number of H-pyrrole nitrogens is 1. The summed E-state index contributed by atoms with van der Waals surface area (Å²) >= 11 is 6.00. The Labute approximate surface area is 127 Å². The van der Waals surface area contributed by atoms with Crippen LogP contribution in [0.25, 0.3) is 11.0 Å². The van der Waals surface area contributed by atoms with Gasteiger partial charge in [0.25, 0.3) is 0 Å². The number of methoxy groups -OCH3 is 1. The maximum Gasteiger partial charge on any atom is 0.229 e. The molecule has 6 nitrogen and oxygen atoms in total. The van der Waals surface area contributed by atoms with Crippen LogP contribution >= 0.6 is 24.0 Å². The number of amides is 1. The molecule has 8 heteroatoms. The van der Waals surface area contributed by atoms with Gasteiger partial charge >= 0.3 is 0 Å². The van der Waals surface area contributed by atoms with E-state index in [0.717, 1.165) is 5.52 Å². The van der Waals surface area contributed by atoms with Gasteiger partial charge in [0.15, 0.2) is 0 Å². The van der Waals surface area contributed by atoms with Gasteiger partial charge in [-0.05, 0) is 12.1 Å². The summed E-state index contributed by atoms with van der Waals surface area (Å²) in [6.45, 7) is 0.288. The van der Waals surface area contributed by atoms with E-state index in [4.69, 9.17) is 22.1 Å². The zero-order valence-electron chi connectivity index (χ0n) is 10.9. The monoisotopic (exact) mass is 318 g/mol. The van der Waals surface area contributed by atoms with Gasteiger partial charge in [-0.15, -0.1) is 12.4 Å². The van der Waals surface area contributed by atoms with Crippen LogP contribution in [0.2, 0.25) is 5.02 Å². The maximum absolute atomic E-state index is 11.8. The average Bonchev–Trinajstić information content (AvgIpc) is 2.79. The van der Waals surface area contributed by atoms with E-state index in [-0.39, 0.29) is 37.4 Å². The fourth-order valence-corrected chi connectivity index (χ4v) is 1.93. The Kier molecular flexibility index (Phi) is 6.22. The minimum atomic E-state index is -0.298. The van der Waals surface area contributed by atoms with E-state index in [2.05, 4.69) is 15.3 Å². The smallest absolute Gasteiger partial charge is 0.229 e. The minimum Gasteiger partial charge on any atom is -0.380 e. The standard InChI is InChI=1S/C12H15ClN4O2.ClH/c1-19-7(6-14)5-10(18)16-12-15-9-4-2-3-8(13)11(9)17-12;/h2-4,7H,5-6,14H2,1H3,(H2,15,16,17,18);1H. The first-order valence-electron chi connectivity index (χ1n) is 5.81. The van der Waals surface area contributed by atoms with Crippen LogP contribution in [0, 0.1) is 0 Å². The highest BCUT2D eigenvalue weighted by Crippen LogP contribution is 2.22. The van der Waals surface area contributed by atoms with E-state index in [1.807, 2.05) is 12.1 Å². The van der Waals surface area contributed by atoms with Crippen molar-refractivity contribution in [2.24, 2.45) is 5.73 Å². The second-order valence-electron chi connectivity index (χ2n) is 4.07. The van der Waals surface area contributed by atoms with Crippen molar-refractivity contribution in [2.45, 2.75) is 12.5 Å². The summed E-state index contributed by atoms with van der Waals surface area (Å²) in [6.07, 6.45) is -0.120. The molecule has 0 saturated heterocycles. The Morgan fingerprint density at radius 1 is 1.60 bits per heavy atom. The number of ether oxygens (including phenoxy) is 1. The number of carbonyl (C=O) groups excluding carboxylic acids is 1. The number of hydrogen-bond acceptors (Lipinski definition) is 4. The molecule has 0 aliphatic carbocycles. The minimum absolute atomic E-state index is 0. The number of nitrogens with zero attached hydrogens (tertiary/aromatic N) is 1. The number of aromatic nitrogens is 2. The highest BCUT2D eigenvalue weighted by Gasteiger charge is 2.13. The fourth-order valence-electron chi connectivity index (χ4n) is 1.71. The molecule has 1 aromatic carbocycles.